The largest absolute Gasteiger partial charge is 0.494 e. The number of nitrogens with one attached hydrogen (secondary N) is 1. The van der Waals surface area contributed by atoms with E-state index in [0.717, 1.165) is 23.4 Å². The predicted octanol–water partition coefficient (Wildman–Crippen LogP) is 5.54. The Hall–Kier alpha value is -2.93. The zero-order chi connectivity index (χ0) is 24.9. The number of urea groups is 1. The number of barbiturate groups is 1. The van der Waals surface area contributed by atoms with Crippen molar-refractivity contribution in [3.05, 3.63) is 90.6 Å². The Bertz CT molecular complexity index is 1280. The lowest BCUT2D eigenvalue weighted by Gasteiger charge is -2.26. The number of ether oxygens (including phenoxy) is 2. The summed E-state index contributed by atoms with van der Waals surface area (Å²) in [7, 11) is 0. The molecular formula is C26H20I2N2O5. The fourth-order valence-electron chi connectivity index (χ4n) is 3.45. The summed E-state index contributed by atoms with van der Waals surface area (Å²) in [5.41, 5.74) is 1.89. The summed E-state index contributed by atoms with van der Waals surface area (Å²) in [4.78, 5) is 39.1. The van der Waals surface area contributed by atoms with Gasteiger partial charge in [-0.15, -0.1) is 0 Å². The van der Waals surface area contributed by atoms with Crippen LogP contribution in [0.5, 0.6) is 11.5 Å². The first-order chi connectivity index (χ1) is 16.9. The maximum Gasteiger partial charge on any atom is 0.335 e. The molecule has 4 amide bonds. The fourth-order valence-corrected chi connectivity index (χ4v) is 5.57. The SMILES string of the molecule is CCOc1ccc(N2C(=O)NC(=O)C(=Cc3cc(I)c(OCc4ccccc4)c(I)c3)C2=O)cc1. The lowest BCUT2D eigenvalue weighted by atomic mass is 10.1. The zero-order valence-electron chi connectivity index (χ0n) is 18.6. The second-order valence-corrected chi connectivity index (χ2v) is 9.80. The Morgan fingerprint density at radius 2 is 1.57 bits per heavy atom. The number of benzene rings is 3. The topological polar surface area (TPSA) is 84.9 Å². The summed E-state index contributed by atoms with van der Waals surface area (Å²) >= 11 is 4.33. The molecule has 9 heteroatoms. The van der Waals surface area contributed by atoms with Crippen LogP contribution in [0.3, 0.4) is 0 Å². The number of carbonyl (C=O) groups excluding carboxylic acids is 3. The van der Waals surface area contributed by atoms with Crippen LogP contribution in [0.1, 0.15) is 18.1 Å². The highest BCUT2D eigenvalue weighted by Crippen LogP contribution is 2.31. The predicted molar refractivity (Wildman–Crippen MR) is 149 cm³/mol. The second-order valence-electron chi connectivity index (χ2n) is 7.47. The van der Waals surface area contributed by atoms with E-state index in [9.17, 15) is 14.4 Å². The van der Waals surface area contributed by atoms with E-state index >= 15 is 0 Å². The standard InChI is InChI=1S/C26H20I2N2O5/c1-2-34-19-10-8-18(9-11-19)30-25(32)20(24(31)29-26(30)33)12-17-13-21(27)23(22(28)14-17)35-15-16-6-4-3-5-7-16/h3-14H,2,15H2,1H3,(H,29,31,33). The molecule has 0 bridgehead atoms. The molecule has 7 nitrogen and oxygen atoms in total. The monoisotopic (exact) mass is 694 g/mol. The van der Waals surface area contributed by atoms with Crippen molar-refractivity contribution in [1.82, 2.24) is 5.32 Å². The van der Waals surface area contributed by atoms with Gasteiger partial charge in [-0.3, -0.25) is 14.9 Å². The minimum Gasteiger partial charge on any atom is -0.494 e. The molecule has 0 saturated carbocycles. The number of rotatable bonds is 7. The molecule has 3 aromatic carbocycles. The van der Waals surface area contributed by atoms with Crippen molar-refractivity contribution in [2.45, 2.75) is 13.5 Å². The summed E-state index contributed by atoms with van der Waals surface area (Å²) in [5.74, 6) is -0.0940. The van der Waals surface area contributed by atoms with Gasteiger partial charge in [-0.2, -0.15) is 0 Å². The molecule has 0 radical (unpaired) electrons. The van der Waals surface area contributed by atoms with Gasteiger partial charge < -0.3 is 9.47 Å². The van der Waals surface area contributed by atoms with Crippen LogP contribution >= 0.6 is 45.2 Å². The van der Waals surface area contributed by atoms with E-state index in [2.05, 4.69) is 50.5 Å². The smallest absolute Gasteiger partial charge is 0.335 e. The summed E-state index contributed by atoms with van der Waals surface area (Å²) in [6.07, 6.45) is 1.48. The average Bonchev–Trinajstić information content (AvgIpc) is 2.83. The number of anilines is 1. The van der Waals surface area contributed by atoms with E-state index in [1.54, 1.807) is 24.3 Å². The number of nitrogens with zero attached hydrogens (tertiary/aromatic N) is 1. The summed E-state index contributed by atoms with van der Waals surface area (Å²) in [6.45, 7) is 2.79. The molecule has 0 aliphatic carbocycles. The van der Waals surface area contributed by atoms with E-state index in [1.807, 2.05) is 49.4 Å². The molecule has 1 heterocycles. The number of hydrogen-bond acceptors (Lipinski definition) is 5. The number of hydrogen-bond donors (Lipinski definition) is 1. The second kappa shape index (κ2) is 11.2. The van der Waals surface area contributed by atoms with Crippen molar-refractivity contribution in [3.8, 4) is 11.5 Å². The van der Waals surface area contributed by atoms with E-state index in [0.29, 0.717) is 30.2 Å². The first-order valence-corrected chi connectivity index (χ1v) is 12.8. The first kappa shape index (κ1) is 25.2. The average molecular weight is 694 g/mol. The van der Waals surface area contributed by atoms with Crippen LogP contribution in [0.4, 0.5) is 10.5 Å². The van der Waals surface area contributed by atoms with Gasteiger partial charge in [0.25, 0.3) is 11.8 Å². The highest BCUT2D eigenvalue weighted by Gasteiger charge is 2.36. The molecule has 3 aromatic rings. The zero-order valence-corrected chi connectivity index (χ0v) is 22.9. The van der Waals surface area contributed by atoms with Gasteiger partial charge in [0, 0.05) is 0 Å². The van der Waals surface area contributed by atoms with Crippen molar-refractivity contribution < 1.29 is 23.9 Å². The van der Waals surface area contributed by atoms with Crippen LogP contribution in [0, 0.1) is 7.14 Å². The van der Waals surface area contributed by atoms with Gasteiger partial charge in [-0.25, -0.2) is 9.69 Å². The maximum absolute atomic E-state index is 13.2. The van der Waals surface area contributed by atoms with Crippen LogP contribution < -0.4 is 19.7 Å². The highest BCUT2D eigenvalue weighted by molar-refractivity contribution is 14.1. The normalized spacial score (nSPS) is 14.8. The molecule has 1 fully saturated rings. The number of carbonyl (C=O) groups is 3. The Morgan fingerprint density at radius 3 is 2.20 bits per heavy atom. The number of amides is 4. The van der Waals surface area contributed by atoms with E-state index in [4.69, 9.17) is 9.47 Å². The first-order valence-electron chi connectivity index (χ1n) is 10.7. The molecule has 0 spiro atoms. The molecule has 0 aromatic heterocycles. The molecule has 4 rings (SSSR count). The van der Waals surface area contributed by atoms with E-state index in [-0.39, 0.29) is 5.57 Å². The van der Waals surface area contributed by atoms with Gasteiger partial charge in [0.05, 0.1) is 19.4 Å². The van der Waals surface area contributed by atoms with Gasteiger partial charge in [0.15, 0.2) is 0 Å². The molecular weight excluding hydrogens is 674 g/mol. The van der Waals surface area contributed by atoms with Gasteiger partial charge >= 0.3 is 6.03 Å². The van der Waals surface area contributed by atoms with Crippen molar-refractivity contribution in [2.75, 3.05) is 11.5 Å². The number of halogens is 2. The lowest BCUT2D eigenvalue weighted by Crippen LogP contribution is -2.54. The molecule has 1 saturated heterocycles. The van der Waals surface area contributed by atoms with Crippen LogP contribution in [0.25, 0.3) is 6.08 Å². The molecule has 35 heavy (non-hydrogen) atoms. The molecule has 0 atom stereocenters. The summed E-state index contributed by atoms with van der Waals surface area (Å²) < 4.78 is 13.1. The maximum atomic E-state index is 13.2. The molecule has 0 unspecified atom stereocenters. The van der Waals surface area contributed by atoms with Gasteiger partial charge in [-0.1, -0.05) is 30.3 Å². The van der Waals surface area contributed by atoms with Crippen molar-refractivity contribution in [1.29, 1.82) is 0 Å². The summed E-state index contributed by atoms with van der Waals surface area (Å²) in [5, 5.41) is 2.25. The highest BCUT2D eigenvalue weighted by atomic mass is 127. The quantitative estimate of drug-likeness (QED) is 0.200. The van der Waals surface area contributed by atoms with Crippen molar-refractivity contribution in [2.24, 2.45) is 0 Å². The minimum atomic E-state index is -0.796. The third-order valence-corrected chi connectivity index (χ3v) is 6.67. The van der Waals surface area contributed by atoms with Crippen LogP contribution in [-0.2, 0) is 16.2 Å². The van der Waals surface area contributed by atoms with Crippen LogP contribution in [-0.4, -0.2) is 24.5 Å². The third-order valence-electron chi connectivity index (χ3n) is 5.07. The van der Waals surface area contributed by atoms with Gasteiger partial charge in [-0.05, 0) is 106 Å². The van der Waals surface area contributed by atoms with Crippen molar-refractivity contribution in [3.63, 3.8) is 0 Å². The fraction of sp³-hybridized carbons (Fsp3) is 0.115. The minimum absolute atomic E-state index is 0.136. The Morgan fingerprint density at radius 1 is 0.914 bits per heavy atom. The van der Waals surface area contributed by atoms with Crippen LogP contribution in [0.2, 0.25) is 0 Å². The van der Waals surface area contributed by atoms with Crippen molar-refractivity contribution >= 4 is 74.8 Å². The Balaban J connectivity index is 1.59. The van der Waals surface area contributed by atoms with Gasteiger partial charge in [0.2, 0.25) is 0 Å². The van der Waals surface area contributed by atoms with Gasteiger partial charge in [0.1, 0.15) is 23.7 Å². The summed E-state index contributed by atoms with van der Waals surface area (Å²) in [6, 6.07) is 19.2. The lowest BCUT2D eigenvalue weighted by molar-refractivity contribution is -0.122. The van der Waals surface area contributed by atoms with Crippen LogP contribution in [0.15, 0.2) is 72.3 Å². The molecule has 178 valence electrons. The molecule has 1 aliphatic rings. The van der Waals surface area contributed by atoms with E-state index < -0.39 is 17.8 Å². The Kier molecular flexibility index (Phi) is 8.06. The Labute approximate surface area is 229 Å². The third kappa shape index (κ3) is 5.84. The molecule has 1 N–H and O–H groups in total. The van der Waals surface area contributed by atoms with E-state index in [1.165, 1.54) is 6.08 Å². The molecule has 1 aliphatic heterocycles. The number of imide groups is 2.